The molecule has 0 bridgehead atoms. The number of aryl methyl sites for hydroxylation is 1. The highest BCUT2D eigenvalue weighted by molar-refractivity contribution is 7.92. The molecule has 0 amide bonds. The van der Waals surface area contributed by atoms with E-state index in [0.29, 0.717) is 5.56 Å². The average Bonchev–Trinajstić information content (AvgIpc) is 2.62. The minimum Gasteiger partial charge on any atom is -0.263 e. The number of anilines is 1. The van der Waals surface area contributed by atoms with Crippen LogP contribution in [0.4, 0.5) is 5.82 Å². The number of hydrogen-bond acceptors (Lipinski definition) is 5. The maximum absolute atomic E-state index is 12.5. The minimum atomic E-state index is -3.72. The first-order chi connectivity index (χ1) is 12.7. The lowest BCUT2D eigenvalue weighted by molar-refractivity contribution is 0.599. The summed E-state index contributed by atoms with van der Waals surface area (Å²) in [6.45, 7) is 1.73. The highest BCUT2D eigenvalue weighted by Crippen LogP contribution is 2.23. The molecule has 0 saturated heterocycles. The Labute approximate surface area is 158 Å². The molecule has 0 radical (unpaired) electrons. The van der Waals surface area contributed by atoms with Gasteiger partial charge in [-0.05, 0) is 48.4 Å². The van der Waals surface area contributed by atoms with Crippen molar-refractivity contribution >= 4 is 25.7 Å². The van der Waals surface area contributed by atoms with E-state index < -0.39 is 19.9 Å². The Balaban J connectivity index is 1.83. The molecule has 3 rings (SSSR count). The smallest absolute Gasteiger partial charge is 0.263 e. The van der Waals surface area contributed by atoms with E-state index >= 15 is 0 Å². The van der Waals surface area contributed by atoms with Crippen LogP contribution in [0.3, 0.4) is 0 Å². The standard InChI is InChI=1S/C19H18N2O4S2/c1-14-5-3-4-6-18(14)27(24,25)21-19-12-9-16(13-20-19)15-7-10-17(11-8-15)26(2,22)23/h3-13H,1-2H3,(H,20,21). The predicted octanol–water partition coefficient (Wildman–Crippen LogP) is 3.26. The van der Waals surface area contributed by atoms with Crippen LogP contribution in [0.25, 0.3) is 11.1 Å². The van der Waals surface area contributed by atoms with Gasteiger partial charge in [-0.25, -0.2) is 21.8 Å². The number of nitrogens with zero attached hydrogens (tertiary/aromatic N) is 1. The Morgan fingerprint density at radius 2 is 1.44 bits per heavy atom. The minimum absolute atomic E-state index is 0.201. The number of rotatable bonds is 5. The van der Waals surface area contributed by atoms with Crippen LogP contribution in [0.1, 0.15) is 5.56 Å². The van der Waals surface area contributed by atoms with Gasteiger partial charge in [0.25, 0.3) is 10.0 Å². The third-order valence-electron chi connectivity index (χ3n) is 4.00. The zero-order chi connectivity index (χ0) is 19.7. The van der Waals surface area contributed by atoms with E-state index in [-0.39, 0.29) is 15.6 Å². The summed E-state index contributed by atoms with van der Waals surface area (Å²) in [7, 11) is -6.97. The molecule has 0 fully saturated rings. The van der Waals surface area contributed by atoms with Crippen molar-refractivity contribution in [1.29, 1.82) is 0 Å². The highest BCUT2D eigenvalue weighted by atomic mass is 32.2. The van der Waals surface area contributed by atoms with Gasteiger partial charge in [0, 0.05) is 18.0 Å². The Kier molecular flexibility index (Phi) is 5.03. The molecule has 6 nitrogen and oxygen atoms in total. The summed E-state index contributed by atoms with van der Waals surface area (Å²) in [5.74, 6) is 0.203. The normalized spacial score (nSPS) is 11.9. The van der Waals surface area contributed by atoms with Gasteiger partial charge in [0.2, 0.25) is 0 Å². The third kappa shape index (κ3) is 4.35. The molecule has 8 heteroatoms. The predicted molar refractivity (Wildman–Crippen MR) is 105 cm³/mol. The van der Waals surface area contributed by atoms with Crippen LogP contribution in [-0.4, -0.2) is 28.1 Å². The van der Waals surface area contributed by atoms with Gasteiger partial charge >= 0.3 is 0 Å². The third-order valence-corrected chi connectivity index (χ3v) is 6.64. The molecule has 3 aromatic rings. The van der Waals surface area contributed by atoms with Crippen molar-refractivity contribution in [3.05, 3.63) is 72.4 Å². The van der Waals surface area contributed by atoms with Gasteiger partial charge in [0.05, 0.1) is 9.79 Å². The first kappa shape index (κ1) is 19.1. The van der Waals surface area contributed by atoms with Crippen molar-refractivity contribution in [2.75, 3.05) is 11.0 Å². The van der Waals surface area contributed by atoms with Crippen LogP contribution in [0.5, 0.6) is 0 Å². The summed E-state index contributed by atoms with van der Waals surface area (Å²) in [5.41, 5.74) is 2.17. The molecule has 1 N–H and O–H groups in total. The van der Waals surface area contributed by atoms with Gasteiger partial charge in [-0.1, -0.05) is 30.3 Å². The van der Waals surface area contributed by atoms with Gasteiger partial charge in [-0.2, -0.15) is 0 Å². The van der Waals surface area contributed by atoms with E-state index in [1.54, 1.807) is 49.4 Å². The van der Waals surface area contributed by atoms with Crippen molar-refractivity contribution in [3.63, 3.8) is 0 Å². The fourth-order valence-electron chi connectivity index (χ4n) is 2.57. The van der Waals surface area contributed by atoms with Crippen molar-refractivity contribution in [3.8, 4) is 11.1 Å². The molecule has 0 atom stereocenters. The van der Waals surface area contributed by atoms with E-state index in [4.69, 9.17) is 0 Å². The maximum atomic E-state index is 12.5. The van der Waals surface area contributed by atoms with Gasteiger partial charge in [-0.15, -0.1) is 0 Å². The maximum Gasteiger partial charge on any atom is 0.263 e. The summed E-state index contributed by atoms with van der Waals surface area (Å²) in [4.78, 5) is 4.60. The van der Waals surface area contributed by atoms with Crippen molar-refractivity contribution in [1.82, 2.24) is 4.98 Å². The van der Waals surface area contributed by atoms with Crippen LogP contribution < -0.4 is 4.72 Å². The fraction of sp³-hybridized carbons (Fsp3) is 0.105. The second kappa shape index (κ2) is 7.13. The topological polar surface area (TPSA) is 93.2 Å². The summed E-state index contributed by atoms with van der Waals surface area (Å²) in [6.07, 6.45) is 2.68. The number of pyridine rings is 1. The van der Waals surface area contributed by atoms with Crippen molar-refractivity contribution in [2.24, 2.45) is 0 Å². The molecule has 0 unspecified atom stereocenters. The number of nitrogens with one attached hydrogen (secondary N) is 1. The SMILES string of the molecule is Cc1ccccc1S(=O)(=O)Nc1ccc(-c2ccc(S(C)(=O)=O)cc2)cn1. The van der Waals surface area contributed by atoms with Crippen LogP contribution in [0.2, 0.25) is 0 Å². The van der Waals surface area contributed by atoms with E-state index in [2.05, 4.69) is 9.71 Å². The molecule has 0 aliphatic rings. The second-order valence-electron chi connectivity index (χ2n) is 6.10. The van der Waals surface area contributed by atoms with E-state index in [1.165, 1.54) is 24.4 Å². The second-order valence-corrected chi connectivity index (χ2v) is 9.77. The zero-order valence-electron chi connectivity index (χ0n) is 14.7. The molecule has 1 aromatic heterocycles. The highest BCUT2D eigenvalue weighted by Gasteiger charge is 2.17. The number of hydrogen-bond donors (Lipinski definition) is 1. The lowest BCUT2D eigenvalue weighted by Crippen LogP contribution is -2.15. The molecule has 140 valence electrons. The Hall–Kier alpha value is -2.71. The molecular weight excluding hydrogens is 384 g/mol. The lowest BCUT2D eigenvalue weighted by atomic mass is 10.1. The fourth-order valence-corrected chi connectivity index (χ4v) is 4.46. The zero-order valence-corrected chi connectivity index (χ0v) is 16.4. The number of benzene rings is 2. The van der Waals surface area contributed by atoms with Crippen LogP contribution >= 0.6 is 0 Å². The van der Waals surface area contributed by atoms with Crippen LogP contribution in [-0.2, 0) is 19.9 Å². The van der Waals surface area contributed by atoms with E-state index in [1.807, 2.05) is 0 Å². The van der Waals surface area contributed by atoms with Crippen LogP contribution in [0, 0.1) is 6.92 Å². The molecule has 0 aliphatic carbocycles. The Morgan fingerprint density at radius 3 is 2.00 bits per heavy atom. The van der Waals surface area contributed by atoms with Crippen molar-refractivity contribution in [2.45, 2.75) is 16.7 Å². The summed E-state index contributed by atoms with van der Waals surface area (Å²) < 4.78 is 50.5. The van der Waals surface area contributed by atoms with Crippen LogP contribution in [0.15, 0.2) is 76.7 Å². The number of aromatic nitrogens is 1. The van der Waals surface area contributed by atoms with Gasteiger partial charge in [-0.3, -0.25) is 4.72 Å². The van der Waals surface area contributed by atoms with Gasteiger partial charge in [0.15, 0.2) is 9.84 Å². The largest absolute Gasteiger partial charge is 0.263 e. The molecule has 0 saturated carbocycles. The van der Waals surface area contributed by atoms with Gasteiger partial charge in [0.1, 0.15) is 5.82 Å². The molecule has 2 aromatic carbocycles. The molecule has 1 heterocycles. The quantitative estimate of drug-likeness (QED) is 0.707. The first-order valence-electron chi connectivity index (χ1n) is 8.02. The number of sulfonamides is 1. The summed E-state index contributed by atoms with van der Waals surface area (Å²) in [5, 5.41) is 0. The molecule has 0 aliphatic heterocycles. The molecule has 0 spiro atoms. The Morgan fingerprint density at radius 1 is 0.815 bits per heavy atom. The van der Waals surface area contributed by atoms with Gasteiger partial charge < -0.3 is 0 Å². The average molecular weight is 402 g/mol. The monoisotopic (exact) mass is 402 g/mol. The molecule has 27 heavy (non-hydrogen) atoms. The first-order valence-corrected chi connectivity index (χ1v) is 11.4. The van der Waals surface area contributed by atoms with Crippen molar-refractivity contribution < 1.29 is 16.8 Å². The van der Waals surface area contributed by atoms with E-state index in [0.717, 1.165) is 17.4 Å². The lowest BCUT2D eigenvalue weighted by Gasteiger charge is -2.10. The number of sulfone groups is 1. The molecular formula is C19H18N2O4S2. The van der Waals surface area contributed by atoms with E-state index in [9.17, 15) is 16.8 Å². The Bertz CT molecular complexity index is 1170. The summed E-state index contributed by atoms with van der Waals surface area (Å²) in [6, 6.07) is 16.4. The summed E-state index contributed by atoms with van der Waals surface area (Å²) >= 11 is 0.